The van der Waals surface area contributed by atoms with Crippen molar-refractivity contribution in [2.75, 3.05) is 18.0 Å². The van der Waals surface area contributed by atoms with E-state index in [0.717, 1.165) is 31.5 Å². The smallest absolute Gasteiger partial charge is 0.282 e. The zero-order valence-electron chi connectivity index (χ0n) is 16.7. The summed E-state index contributed by atoms with van der Waals surface area (Å²) in [6, 6.07) is 17.3. The summed E-state index contributed by atoms with van der Waals surface area (Å²) in [6.45, 7) is 8.08. The number of anilines is 1. The lowest BCUT2D eigenvalue weighted by atomic mass is 9.87. The SMILES string of the molecule is CC(C)(C)c1ccc(N2C(=O)C(c3ccccc3)=C(N3CCCC3)C2=O)cc1. The van der Waals surface area contributed by atoms with Gasteiger partial charge in [-0.1, -0.05) is 63.2 Å². The first-order valence-corrected chi connectivity index (χ1v) is 9.92. The van der Waals surface area contributed by atoms with Crippen molar-refractivity contribution in [1.29, 1.82) is 0 Å². The van der Waals surface area contributed by atoms with Crippen LogP contribution in [0.15, 0.2) is 60.3 Å². The maximum atomic E-state index is 13.4. The Morgan fingerprint density at radius 3 is 1.96 bits per heavy atom. The highest BCUT2D eigenvalue weighted by Gasteiger charge is 2.42. The van der Waals surface area contributed by atoms with Crippen LogP contribution in [-0.4, -0.2) is 29.8 Å². The molecule has 2 aliphatic heterocycles. The summed E-state index contributed by atoms with van der Waals surface area (Å²) in [5, 5.41) is 0. The monoisotopic (exact) mass is 374 g/mol. The van der Waals surface area contributed by atoms with Crippen molar-refractivity contribution in [1.82, 2.24) is 4.90 Å². The fourth-order valence-electron chi connectivity index (χ4n) is 3.96. The Hall–Kier alpha value is -2.88. The van der Waals surface area contributed by atoms with Gasteiger partial charge in [-0.15, -0.1) is 0 Å². The van der Waals surface area contributed by atoms with Gasteiger partial charge in [0.1, 0.15) is 5.70 Å². The van der Waals surface area contributed by atoms with Gasteiger partial charge in [0.05, 0.1) is 11.3 Å². The van der Waals surface area contributed by atoms with Gasteiger partial charge >= 0.3 is 0 Å². The first-order valence-electron chi connectivity index (χ1n) is 9.92. The first-order chi connectivity index (χ1) is 13.4. The predicted octanol–water partition coefficient (Wildman–Crippen LogP) is 4.36. The Morgan fingerprint density at radius 1 is 0.786 bits per heavy atom. The van der Waals surface area contributed by atoms with Gasteiger partial charge in [-0.05, 0) is 41.5 Å². The fraction of sp³-hybridized carbons (Fsp3) is 0.333. The Labute approximate surface area is 166 Å². The molecule has 1 saturated heterocycles. The zero-order valence-corrected chi connectivity index (χ0v) is 16.7. The molecule has 0 saturated carbocycles. The number of hydrogen-bond acceptors (Lipinski definition) is 3. The second-order valence-electron chi connectivity index (χ2n) is 8.53. The molecule has 144 valence electrons. The average Bonchev–Trinajstić information content (AvgIpc) is 3.28. The van der Waals surface area contributed by atoms with Crippen molar-refractivity contribution in [3.63, 3.8) is 0 Å². The van der Waals surface area contributed by atoms with Gasteiger partial charge in [0, 0.05) is 13.1 Å². The number of rotatable bonds is 3. The molecule has 2 aromatic carbocycles. The molecule has 0 bridgehead atoms. The van der Waals surface area contributed by atoms with E-state index in [9.17, 15) is 9.59 Å². The van der Waals surface area contributed by atoms with Crippen molar-refractivity contribution in [3.05, 3.63) is 71.4 Å². The molecule has 0 atom stereocenters. The van der Waals surface area contributed by atoms with E-state index in [4.69, 9.17) is 0 Å². The minimum Gasteiger partial charge on any atom is -0.366 e. The summed E-state index contributed by atoms with van der Waals surface area (Å²) in [5.74, 6) is -0.448. The van der Waals surface area contributed by atoms with Gasteiger partial charge < -0.3 is 4.90 Å². The topological polar surface area (TPSA) is 40.6 Å². The van der Waals surface area contributed by atoms with Crippen LogP contribution in [0.5, 0.6) is 0 Å². The summed E-state index contributed by atoms with van der Waals surface area (Å²) in [5.41, 5.74) is 3.70. The van der Waals surface area contributed by atoms with Crippen LogP contribution in [0.1, 0.15) is 44.7 Å². The van der Waals surface area contributed by atoms with Crippen LogP contribution >= 0.6 is 0 Å². The van der Waals surface area contributed by atoms with E-state index < -0.39 is 0 Å². The van der Waals surface area contributed by atoms with Gasteiger partial charge in [0.15, 0.2) is 0 Å². The minimum atomic E-state index is -0.235. The molecular weight excluding hydrogens is 348 g/mol. The molecule has 4 rings (SSSR count). The molecule has 0 N–H and O–H groups in total. The normalized spacial score (nSPS) is 17.8. The molecule has 0 radical (unpaired) electrons. The van der Waals surface area contributed by atoms with E-state index in [2.05, 4.69) is 25.7 Å². The van der Waals surface area contributed by atoms with Crippen molar-refractivity contribution < 1.29 is 9.59 Å². The van der Waals surface area contributed by atoms with Crippen LogP contribution in [0.3, 0.4) is 0 Å². The second-order valence-corrected chi connectivity index (χ2v) is 8.53. The van der Waals surface area contributed by atoms with Crippen molar-refractivity contribution in [3.8, 4) is 0 Å². The molecule has 2 aromatic rings. The molecule has 0 aliphatic carbocycles. The summed E-state index contributed by atoms with van der Waals surface area (Å²) in [4.78, 5) is 30.2. The van der Waals surface area contributed by atoms with Crippen LogP contribution in [0.25, 0.3) is 5.57 Å². The lowest BCUT2D eigenvalue weighted by Crippen LogP contribution is -2.34. The highest BCUT2D eigenvalue weighted by molar-refractivity contribution is 6.45. The Morgan fingerprint density at radius 2 is 1.39 bits per heavy atom. The predicted molar refractivity (Wildman–Crippen MR) is 112 cm³/mol. The first kappa shape index (κ1) is 18.5. The number of hydrogen-bond donors (Lipinski definition) is 0. The van der Waals surface area contributed by atoms with E-state index in [1.807, 2.05) is 54.6 Å². The van der Waals surface area contributed by atoms with E-state index in [1.54, 1.807) is 0 Å². The molecule has 0 aromatic heterocycles. The number of imide groups is 1. The summed E-state index contributed by atoms with van der Waals surface area (Å²) in [7, 11) is 0. The third kappa shape index (κ3) is 3.13. The van der Waals surface area contributed by atoms with Gasteiger partial charge in [0.2, 0.25) is 0 Å². The highest BCUT2D eigenvalue weighted by Crippen LogP contribution is 2.36. The molecule has 0 unspecified atom stereocenters. The van der Waals surface area contributed by atoms with Crippen molar-refractivity contribution >= 4 is 23.1 Å². The lowest BCUT2D eigenvalue weighted by molar-refractivity contribution is -0.120. The fourth-order valence-corrected chi connectivity index (χ4v) is 3.96. The standard InChI is InChI=1S/C24H26N2O2/c1-24(2,3)18-11-13-19(14-12-18)26-22(27)20(17-9-5-4-6-10-17)21(23(26)28)25-15-7-8-16-25/h4-6,9-14H,7-8,15-16H2,1-3H3. The number of carbonyl (C=O) groups is 2. The quantitative estimate of drug-likeness (QED) is 0.750. The largest absolute Gasteiger partial charge is 0.366 e. The second kappa shape index (κ2) is 6.93. The van der Waals surface area contributed by atoms with E-state index in [1.165, 1.54) is 10.5 Å². The number of benzene rings is 2. The van der Waals surface area contributed by atoms with Crippen LogP contribution in [0.4, 0.5) is 5.69 Å². The zero-order chi connectivity index (χ0) is 19.9. The summed E-state index contributed by atoms with van der Waals surface area (Å²) in [6.07, 6.45) is 2.10. The average molecular weight is 374 g/mol. The molecule has 0 spiro atoms. The lowest BCUT2D eigenvalue weighted by Gasteiger charge is -2.22. The van der Waals surface area contributed by atoms with Crippen LogP contribution < -0.4 is 4.90 Å². The third-order valence-corrected chi connectivity index (χ3v) is 5.54. The van der Waals surface area contributed by atoms with Crippen LogP contribution in [-0.2, 0) is 15.0 Å². The Kier molecular flexibility index (Phi) is 4.58. The van der Waals surface area contributed by atoms with E-state index in [-0.39, 0.29) is 17.2 Å². The molecule has 2 aliphatic rings. The molecule has 4 nitrogen and oxygen atoms in total. The summed E-state index contributed by atoms with van der Waals surface area (Å²) < 4.78 is 0. The van der Waals surface area contributed by atoms with E-state index >= 15 is 0 Å². The van der Waals surface area contributed by atoms with E-state index in [0.29, 0.717) is 17.0 Å². The molecular formula is C24H26N2O2. The van der Waals surface area contributed by atoms with Gasteiger partial charge in [0.25, 0.3) is 11.8 Å². The van der Waals surface area contributed by atoms with Gasteiger partial charge in [-0.2, -0.15) is 0 Å². The molecule has 2 amide bonds. The number of nitrogens with zero attached hydrogens (tertiary/aromatic N) is 2. The van der Waals surface area contributed by atoms with Crippen molar-refractivity contribution in [2.24, 2.45) is 0 Å². The van der Waals surface area contributed by atoms with Gasteiger partial charge in [-0.25, -0.2) is 4.90 Å². The van der Waals surface area contributed by atoms with Gasteiger partial charge in [-0.3, -0.25) is 9.59 Å². The van der Waals surface area contributed by atoms with Crippen LogP contribution in [0.2, 0.25) is 0 Å². The Balaban J connectivity index is 1.76. The molecule has 2 heterocycles. The van der Waals surface area contributed by atoms with Crippen LogP contribution in [0, 0.1) is 0 Å². The van der Waals surface area contributed by atoms with Crippen molar-refractivity contribution in [2.45, 2.75) is 39.0 Å². The summed E-state index contributed by atoms with van der Waals surface area (Å²) >= 11 is 0. The third-order valence-electron chi connectivity index (χ3n) is 5.54. The number of amides is 2. The molecule has 28 heavy (non-hydrogen) atoms. The highest BCUT2D eigenvalue weighted by atomic mass is 16.2. The Bertz CT molecular complexity index is 931. The number of carbonyl (C=O) groups excluding carboxylic acids is 2. The maximum Gasteiger partial charge on any atom is 0.282 e. The molecule has 1 fully saturated rings. The minimum absolute atomic E-state index is 0.0196. The maximum absolute atomic E-state index is 13.4. The number of likely N-dealkylation sites (tertiary alicyclic amines) is 1. The molecule has 4 heteroatoms.